The van der Waals surface area contributed by atoms with Crippen LogP contribution in [0.2, 0.25) is 0 Å². The number of amides is 1. The van der Waals surface area contributed by atoms with Crippen LogP contribution in [0.4, 0.5) is 0 Å². The van der Waals surface area contributed by atoms with Gasteiger partial charge in [0.2, 0.25) is 5.91 Å². The molecule has 0 aliphatic carbocycles. The third-order valence-electron chi connectivity index (χ3n) is 3.98. The van der Waals surface area contributed by atoms with Crippen molar-refractivity contribution in [2.45, 2.75) is 13.3 Å². The molecule has 2 unspecified atom stereocenters. The summed E-state index contributed by atoms with van der Waals surface area (Å²) in [5.74, 6) is 0.500. The lowest BCUT2D eigenvalue weighted by Crippen LogP contribution is -2.31. The van der Waals surface area contributed by atoms with Crippen LogP contribution in [-0.4, -0.2) is 44.1 Å². The number of ether oxygens (including phenoxy) is 2. The Morgan fingerprint density at radius 3 is 2.43 bits per heavy atom. The SMILES string of the molecule is COC(=O)C1CN(C(=O)Cc2ccc(OC)cc2)CC1C. The maximum absolute atomic E-state index is 12.3. The largest absolute Gasteiger partial charge is 0.497 e. The first-order valence-electron chi connectivity index (χ1n) is 7.03. The molecule has 1 aromatic carbocycles. The summed E-state index contributed by atoms with van der Waals surface area (Å²) in [7, 11) is 3.00. The van der Waals surface area contributed by atoms with Crippen molar-refractivity contribution >= 4 is 11.9 Å². The molecule has 1 amide bonds. The quantitative estimate of drug-likeness (QED) is 0.789. The van der Waals surface area contributed by atoms with Crippen LogP contribution in [0, 0.1) is 11.8 Å². The summed E-state index contributed by atoms with van der Waals surface area (Å²) >= 11 is 0. The highest BCUT2D eigenvalue weighted by molar-refractivity contribution is 5.81. The molecule has 21 heavy (non-hydrogen) atoms. The lowest BCUT2D eigenvalue weighted by molar-refractivity contribution is -0.146. The second-order valence-corrected chi connectivity index (χ2v) is 5.43. The predicted octanol–water partition coefficient (Wildman–Crippen LogP) is 1.51. The number of methoxy groups -OCH3 is 2. The van der Waals surface area contributed by atoms with Crippen molar-refractivity contribution in [3.8, 4) is 5.75 Å². The highest BCUT2D eigenvalue weighted by atomic mass is 16.5. The zero-order valence-electron chi connectivity index (χ0n) is 12.7. The van der Waals surface area contributed by atoms with E-state index in [9.17, 15) is 9.59 Å². The Labute approximate surface area is 124 Å². The second-order valence-electron chi connectivity index (χ2n) is 5.43. The Morgan fingerprint density at radius 1 is 1.19 bits per heavy atom. The van der Waals surface area contributed by atoms with Gasteiger partial charge in [-0.15, -0.1) is 0 Å². The lowest BCUT2D eigenvalue weighted by atomic mass is 9.99. The minimum Gasteiger partial charge on any atom is -0.497 e. The fraction of sp³-hybridized carbons (Fsp3) is 0.500. The van der Waals surface area contributed by atoms with E-state index in [0.29, 0.717) is 19.5 Å². The first-order valence-corrected chi connectivity index (χ1v) is 7.03. The molecule has 0 spiro atoms. The van der Waals surface area contributed by atoms with Crippen molar-refractivity contribution in [1.82, 2.24) is 4.90 Å². The number of carbonyl (C=O) groups is 2. The van der Waals surface area contributed by atoms with Crippen molar-refractivity contribution in [2.75, 3.05) is 27.3 Å². The summed E-state index contributed by atoms with van der Waals surface area (Å²) < 4.78 is 9.88. The van der Waals surface area contributed by atoms with E-state index in [1.807, 2.05) is 31.2 Å². The molecule has 114 valence electrons. The number of hydrogen-bond acceptors (Lipinski definition) is 4. The number of rotatable bonds is 4. The number of esters is 1. The minimum absolute atomic E-state index is 0.0402. The summed E-state index contributed by atoms with van der Waals surface area (Å²) in [5, 5.41) is 0. The average Bonchev–Trinajstić information content (AvgIpc) is 2.89. The molecule has 1 saturated heterocycles. The Kier molecular flexibility index (Phi) is 4.83. The van der Waals surface area contributed by atoms with Gasteiger partial charge in [-0.25, -0.2) is 0 Å². The Morgan fingerprint density at radius 2 is 1.86 bits per heavy atom. The number of nitrogens with zero attached hydrogens (tertiary/aromatic N) is 1. The second kappa shape index (κ2) is 6.61. The molecule has 0 saturated carbocycles. The molecular weight excluding hydrogens is 270 g/mol. The molecule has 0 aromatic heterocycles. The van der Waals surface area contributed by atoms with Crippen molar-refractivity contribution in [1.29, 1.82) is 0 Å². The molecule has 2 atom stereocenters. The molecule has 0 N–H and O–H groups in total. The van der Waals surface area contributed by atoms with Crippen LogP contribution >= 0.6 is 0 Å². The van der Waals surface area contributed by atoms with Gasteiger partial charge in [-0.2, -0.15) is 0 Å². The first-order chi connectivity index (χ1) is 10.0. The van der Waals surface area contributed by atoms with Gasteiger partial charge in [-0.3, -0.25) is 9.59 Å². The van der Waals surface area contributed by atoms with Gasteiger partial charge in [0, 0.05) is 13.1 Å². The summed E-state index contributed by atoms with van der Waals surface area (Å²) in [4.78, 5) is 25.7. The summed E-state index contributed by atoms with van der Waals surface area (Å²) in [6.45, 7) is 3.03. The van der Waals surface area contributed by atoms with Crippen LogP contribution in [0.3, 0.4) is 0 Å². The fourth-order valence-electron chi connectivity index (χ4n) is 2.66. The molecule has 2 rings (SSSR count). The molecular formula is C16H21NO4. The highest BCUT2D eigenvalue weighted by Gasteiger charge is 2.37. The highest BCUT2D eigenvalue weighted by Crippen LogP contribution is 2.24. The summed E-state index contributed by atoms with van der Waals surface area (Å²) in [6.07, 6.45) is 0.338. The Balaban J connectivity index is 1.96. The lowest BCUT2D eigenvalue weighted by Gasteiger charge is -2.16. The van der Waals surface area contributed by atoms with Crippen molar-refractivity contribution in [2.24, 2.45) is 11.8 Å². The number of carbonyl (C=O) groups excluding carboxylic acids is 2. The molecule has 1 aliphatic heterocycles. The molecule has 1 aromatic rings. The molecule has 1 aliphatic rings. The van der Waals surface area contributed by atoms with Gasteiger partial charge in [0.05, 0.1) is 26.6 Å². The number of benzene rings is 1. The van der Waals surface area contributed by atoms with E-state index in [4.69, 9.17) is 9.47 Å². The molecule has 0 bridgehead atoms. The Bertz CT molecular complexity index is 512. The smallest absolute Gasteiger partial charge is 0.310 e. The van der Waals surface area contributed by atoms with Gasteiger partial charge in [0.1, 0.15) is 5.75 Å². The average molecular weight is 291 g/mol. The van der Waals surface area contributed by atoms with Crippen LogP contribution in [-0.2, 0) is 20.7 Å². The van der Waals surface area contributed by atoms with E-state index in [1.165, 1.54) is 7.11 Å². The van der Waals surface area contributed by atoms with E-state index in [0.717, 1.165) is 11.3 Å². The van der Waals surface area contributed by atoms with Gasteiger partial charge >= 0.3 is 5.97 Å². The molecule has 1 fully saturated rings. The molecule has 5 nitrogen and oxygen atoms in total. The Hall–Kier alpha value is -2.04. The van der Waals surface area contributed by atoms with Crippen molar-refractivity contribution in [3.05, 3.63) is 29.8 Å². The molecule has 1 heterocycles. The van der Waals surface area contributed by atoms with E-state index in [-0.39, 0.29) is 23.7 Å². The van der Waals surface area contributed by atoms with Gasteiger partial charge in [-0.1, -0.05) is 19.1 Å². The first kappa shape index (κ1) is 15.4. The number of likely N-dealkylation sites (tertiary alicyclic amines) is 1. The zero-order valence-corrected chi connectivity index (χ0v) is 12.7. The van der Waals surface area contributed by atoms with Crippen LogP contribution in [0.25, 0.3) is 0 Å². The van der Waals surface area contributed by atoms with Crippen LogP contribution in [0.1, 0.15) is 12.5 Å². The normalized spacial score (nSPS) is 21.2. The predicted molar refractivity (Wildman–Crippen MR) is 77.9 cm³/mol. The van der Waals surface area contributed by atoms with E-state index in [2.05, 4.69) is 0 Å². The van der Waals surface area contributed by atoms with Crippen molar-refractivity contribution < 1.29 is 19.1 Å². The maximum atomic E-state index is 12.3. The van der Waals surface area contributed by atoms with E-state index < -0.39 is 0 Å². The summed E-state index contributed by atoms with van der Waals surface area (Å²) in [6, 6.07) is 7.45. The zero-order chi connectivity index (χ0) is 15.4. The third kappa shape index (κ3) is 3.54. The topological polar surface area (TPSA) is 55.8 Å². The number of hydrogen-bond donors (Lipinski definition) is 0. The van der Waals surface area contributed by atoms with Gasteiger partial charge in [-0.05, 0) is 23.6 Å². The van der Waals surface area contributed by atoms with Crippen LogP contribution in [0.5, 0.6) is 5.75 Å². The van der Waals surface area contributed by atoms with Crippen LogP contribution < -0.4 is 4.74 Å². The van der Waals surface area contributed by atoms with Crippen molar-refractivity contribution in [3.63, 3.8) is 0 Å². The van der Waals surface area contributed by atoms with E-state index >= 15 is 0 Å². The molecule has 0 radical (unpaired) electrons. The molecule has 5 heteroatoms. The standard InChI is InChI=1S/C16H21NO4/c1-11-9-17(10-14(11)16(19)21-3)15(18)8-12-4-6-13(20-2)7-5-12/h4-7,11,14H,8-10H2,1-3H3. The minimum atomic E-state index is -0.234. The summed E-state index contributed by atoms with van der Waals surface area (Å²) in [5.41, 5.74) is 0.940. The maximum Gasteiger partial charge on any atom is 0.310 e. The third-order valence-corrected chi connectivity index (χ3v) is 3.98. The van der Waals surface area contributed by atoms with Crippen LogP contribution in [0.15, 0.2) is 24.3 Å². The monoisotopic (exact) mass is 291 g/mol. The van der Waals surface area contributed by atoms with Gasteiger partial charge < -0.3 is 14.4 Å². The van der Waals surface area contributed by atoms with E-state index in [1.54, 1.807) is 12.0 Å². The fourth-order valence-corrected chi connectivity index (χ4v) is 2.66. The van der Waals surface area contributed by atoms with Gasteiger partial charge in [0.15, 0.2) is 0 Å². The van der Waals surface area contributed by atoms with Gasteiger partial charge in [0.25, 0.3) is 0 Å².